The third kappa shape index (κ3) is 3.01. The molecule has 0 aromatic heterocycles. The molecule has 0 aromatic rings. The highest BCUT2D eigenvalue weighted by Crippen LogP contribution is 2.29. The van der Waals surface area contributed by atoms with Gasteiger partial charge in [0, 0.05) is 0 Å². The van der Waals surface area contributed by atoms with Gasteiger partial charge in [0.25, 0.3) is 0 Å². The second kappa shape index (κ2) is 4.70. The van der Waals surface area contributed by atoms with Crippen LogP contribution >= 0.6 is 0 Å². The van der Waals surface area contributed by atoms with E-state index in [-0.39, 0.29) is 13.2 Å². The Kier molecular flexibility index (Phi) is 3.70. The molecule has 4 atom stereocenters. The number of aliphatic hydroxyl groups is 2. The van der Waals surface area contributed by atoms with Gasteiger partial charge in [0.05, 0.1) is 13.2 Å². The molecule has 2 rings (SSSR count). The van der Waals surface area contributed by atoms with E-state index in [1.807, 2.05) is 0 Å². The van der Waals surface area contributed by atoms with Gasteiger partial charge in [0.1, 0.15) is 24.4 Å². The van der Waals surface area contributed by atoms with Gasteiger partial charge >= 0.3 is 0 Å². The molecule has 2 aliphatic rings. The number of aliphatic hydroxyl groups excluding tert-OH is 2. The normalized spacial score (nSPS) is 37.7. The standard InChI is InChI=1S/C12H22O6/c1-11(2)15-5-7(17-11)9(13)10(14)8-6-16-12(3,4)18-8/h7-10,13-14H,5-6H2,1-4H3. The molecule has 6 nitrogen and oxygen atoms in total. The van der Waals surface area contributed by atoms with Crippen molar-refractivity contribution in [3.8, 4) is 0 Å². The predicted molar refractivity (Wildman–Crippen MR) is 61.8 cm³/mol. The van der Waals surface area contributed by atoms with Gasteiger partial charge in [-0.3, -0.25) is 0 Å². The second-order valence-corrected chi connectivity index (χ2v) is 5.72. The van der Waals surface area contributed by atoms with E-state index < -0.39 is 36.0 Å². The molecule has 6 heteroatoms. The summed E-state index contributed by atoms with van der Waals surface area (Å²) in [4.78, 5) is 0. The summed E-state index contributed by atoms with van der Waals surface area (Å²) in [5.74, 6) is -1.45. The number of ether oxygens (including phenoxy) is 4. The fraction of sp³-hybridized carbons (Fsp3) is 1.00. The molecular formula is C12H22O6. The Balaban J connectivity index is 1.92. The van der Waals surface area contributed by atoms with Crippen LogP contribution < -0.4 is 0 Å². The van der Waals surface area contributed by atoms with E-state index in [2.05, 4.69) is 0 Å². The first-order valence-corrected chi connectivity index (χ1v) is 6.20. The van der Waals surface area contributed by atoms with Gasteiger partial charge < -0.3 is 29.2 Å². The fourth-order valence-electron chi connectivity index (χ4n) is 2.21. The van der Waals surface area contributed by atoms with Crippen molar-refractivity contribution >= 4 is 0 Å². The molecule has 106 valence electrons. The average molecular weight is 262 g/mol. The fourth-order valence-corrected chi connectivity index (χ4v) is 2.21. The van der Waals surface area contributed by atoms with Crippen LogP contribution in [0, 0.1) is 0 Å². The average Bonchev–Trinajstić information content (AvgIpc) is 2.79. The van der Waals surface area contributed by atoms with Crippen LogP contribution in [-0.2, 0) is 18.9 Å². The molecule has 0 bridgehead atoms. The minimum atomic E-state index is -1.06. The van der Waals surface area contributed by atoms with Crippen LogP contribution in [0.25, 0.3) is 0 Å². The van der Waals surface area contributed by atoms with E-state index in [0.717, 1.165) is 0 Å². The van der Waals surface area contributed by atoms with Crippen LogP contribution in [0.1, 0.15) is 27.7 Å². The molecule has 0 saturated carbocycles. The lowest BCUT2D eigenvalue weighted by Gasteiger charge is -2.27. The van der Waals surface area contributed by atoms with Crippen LogP contribution in [-0.4, -0.2) is 59.4 Å². The van der Waals surface area contributed by atoms with Crippen molar-refractivity contribution in [2.24, 2.45) is 0 Å². The van der Waals surface area contributed by atoms with E-state index in [0.29, 0.717) is 0 Å². The van der Waals surface area contributed by atoms with E-state index in [4.69, 9.17) is 18.9 Å². The van der Waals surface area contributed by atoms with Crippen molar-refractivity contribution < 1.29 is 29.2 Å². The predicted octanol–water partition coefficient (Wildman–Crippen LogP) is 0.0112. The van der Waals surface area contributed by atoms with Gasteiger partial charge in [-0.2, -0.15) is 0 Å². The van der Waals surface area contributed by atoms with Crippen molar-refractivity contribution in [3.63, 3.8) is 0 Å². The van der Waals surface area contributed by atoms with E-state index in [9.17, 15) is 10.2 Å². The van der Waals surface area contributed by atoms with Crippen molar-refractivity contribution in [1.82, 2.24) is 0 Å². The van der Waals surface area contributed by atoms with Gasteiger partial charge in [-0.25, -0.2) is 0 Å². The zero-order valence-corrected chi connectivity index (χ0v) is 11.3. The minimum Gasteiger partial charge on any atom is -0.387 e. The van der Waals surface area contributed by atoms with Gasteiger partial charge in [0.2, 0.25) is 0 Å². The minimum absolute atomic E-state index is 0.252. The summed E-state index contributed by atoms with van der Waals surface area (Å²) < 4.78 is 21.8. The maximum atomic E-state index is 10.1. The largest absolute Gasteiger partial charge is 0.387 e. The molecule has 18 heavy (non-hydrogen) atoms. The van der Waals surface area contributed by atoms with Crippen LogP contribution in [0.2, 0.25) is 0 Å². The SMILES string of the molecule is CC1(C)OCC(C(O)C(O)C2COC(C)(C)O2)O1. The third-order valence-corrected chi connectivity index (χ3v) is 3.17. The molecule has 2 saturated heterocycles. The monoisotopic (exact) mass is 262 g/mol. The van der Waals surface area contributed by atoms with E-state index in [1.54, 1.807) is 27.7 Å². The molecule has 4 unspecified atom stereocenters. The van der Waals surface area contributed by atoms with Crippen LogP contribution in [0.4, 0.5) is 0 Å². The van der Waals surface area contributed by atoms with Crippen molar-refractivity contribution in [2.45, 2.75) is 63.7 Å². The molecule has 0 aliphatic carbocycles. The highest BCUT2D eigenvalue weighted by atomic mass is 16.8. The zero-order valence-electron chi connectivity index (χ0n) is 11.3. The Labute approximate surface area is 107 Å². The lowest BCUT2D eigenvalue weighted by molar-refractivity contribution is -0.183. The summed E-state index contributed by atoms with van der Waals surface area (Å²) in [5, 5.41) is 20.2. The maximum Gasteiger partial charge on any atom is 0.163 e. The van der Waals surface area contributed by atoms with Gasteiger partial charge in [-0.1, -0.05) is 0 Å². The summed E-state index contributed by atoms with van der Waals surface area (Å²) in [6.07, 6.45) is -3.23. The quantitative estimate of drug-likeness (QED) is 0.746. The number of hydrogen-bond donors (Lipinski definition) is 2. The van der Waals surface area contributed by atoms with E-state index in [1.165, 1.54) is 0 Å². The molecule has 2 aliphatic heterocycles. The molecule has 0 aromatic carbocycles. The molecule has 2 fully saturated rings. The first-order chi connectivity index (χ1) is 8.20. The first-order valence-electron chi connectivity index (χ1n) is 6.20. The highest BCUT2D eigenvalue weighted by molar-refractivity contribution is 4.88. The number of rotatable bonds is 3. The molecular weight excluding hydrogens is 240 g/mol. The Hall–Kier alpha value is -0.240. The topological polar surface area (TPSA) is 77.4 Å². The Bertz CT molecular complexity index is 273. The molecule has 2 N–H and O–H groups in total. The Morgan fingerprint density at radius 2 is 1.17 bits per heavy atom. The van der Waals surface area contributed by atoms with Gasteiger partial charge in [-0.05, 0) is 27.7 Å². The number of hydrogen-bond acceptors (Lipinski definition) is 6. The summed E-state index contributed by atoms with van der Waals surface area (Å²) in [7, 11) is 0. The van der Waals surface area contributed by atoms with Crippen LogP contribution in [0.15, 0.2) is 0 Å². The van der Waals surface area contributed by atoms with Crippen LogP contribution in [0.5, 0.6) is 0 Å². The van der Waals surface area contributed by atoms with Gasteiger partial charge in [0.15, 0.2) is 11.6 Å². The zero-order chi connectivity index (χ0) is 13.6. The summed E-state index contributed by atoms with van der Waals surface area (Å²) in [6, 6.07) is 0. The lowest BCUT2D eigenvalue weighted by Crippen LogP contribution is -2.47. The van der Waals surface area contributed by atoms with Crippen molar-refractivity contribution in [2.75, 3.05) is 13.2 Å². The molecule has 0 radical (unpaired) electrons. The Morgan fingerprint density at radius 3 is 1.39 bits per heavy atom. The lowest BCUT2D eigenvalue weighted by atomic mass is 10.0. The van der Waals surface area contributed by atoms with Gasteiger partial charge in [-0.15, -0.1) is 0 Å². The van der Waals surface area contributed by atoms with Crippen molar-refractivity contribution in [3.05, 3.63) is 0 Å². The van der Waals surface area contributed by atoms with Crippen molar-refractivity contribution in [1.29, 1.82) is 0 Å². The Morgan fingerprint density at radius 1 is 0.833 bits per heavy atom. The molecule has 0 spiro atoms. The molecule has 2 heterocycles. The van der Waals surface area contributed by atoms with Crippen LogP contribution in [0.3, 0.4) is 0 Å². The first kappa shape index (κ1) is 14.2. The summed E-state index contributed by atoms with van der Waals surface area (Å²) in [6.45, 7) is 7.58. The maximum absolute atomic E-state index is 10.1. The second-order valence-electron chi connectivity index (χ2n) is 5.72. The van der Waals surface area contributed by atoms with E-state index >= 15 is 0 Å². The smallest absolute Gasteiger partial charge is 0.163 e. The summed E-state index contributed by atoms with van der Waals surface area (Å²) in [5.41, 5.74) is 0. The highest BCUT2D eigenvalue weighted by Gasteiger charge is 2.45. The third-order valence-electron chi connectivity index (χ3n) is 3.17. The molecule has 0 amide bonds. The summed E-state index contributed by atoms with van der Waals surface area (Å²) >= 11 is 0.